The predicted octanol–water partition coefficient (Wildman–Crippen LogP) is 2.77. The number of oxime groups is 1. The van der Waals surface area contributed by atoms with E-state index in [4.69, 9.17) is 32.0 Å². The Morgan fingerprint density at radius 1 is 1.40 bits per heavy atom. The van der Waals surface area contributed by atoms with Crippen LogP contribution >= 0.6 is 11.6 Å². The van der Waals surface area contributed by atoms with Crippen molar-refractivity contribution in [3.05, 3.63) is 28.8 Å². The highest BCUT2D eigenvalue weighted by Crippen LogP contribution is 2.28. The second kappa shape index (κ2) is 6.33. The SMILES string of the molecule is CC1CC(Oc2cc(Cl)ccc2/C(N)=N/O)CC(C)O1. The van der Waals surface area contributed by atoms with E-state index in [0.29, 0.717) is 16.3 Å². The zero-order chi connectivity index (χ0) is 14.7. The molecule has 1 heterocycles. The molecule has 2 unspecified atom stereocenters. The van der Waals surface area contributed by atoms with Gasteiger partial charge in [-0.3, -0.25) is 0 Å². The van der Waals surface area contributed by atoms with Gasteiger partial charge in [-0.05, 0) is 32.0 Å². The minimum absolute atomic E-state index is 0.00447. The Bertz CT molecular complexity index is 497. The van der Waals surface area contributed by atoms with Crippen LogP contribution in [-0.4, -0.2) is 29.4 Å². The lowest BCUT2D eigenvalue weighted by Gasteiger charge is -2.32. The molecule has 0 aromatic heterocycles. The van der Waals surface area contributed by atoms with Crippen molar-refractivity contribution in [2.45, 2.75) is 45.0 Å². The molecule has 110 valence electrons. The quantitative estimate of drug-likeness (QED) is 0.389. The molecule has 0 spiro atoms. The highest BCUT2D eigenvalue weighted by Gasteiger charge is 2.26. The van der Waals surface area contributed by atoms with Gasteiger partial charge in [-0.1, -0.05) is 16.8 Å². The minimum atomic E-state index is 0.00447. The number of benzene rings is 1. The van der Waals surface area contributed by atoms with Crippen molar-refractivity contribution < 1.29 is 14.7 Å². The Morgan fingerprint density at radius 2 is 2.05 bits per heavy atom. The monoisotopic (exact) mass is 298 g/mol. The number of hydrogen-bond acceptors (Lipinski definition) is 4. The third-order valence-electron chi connectivity index (χ3n) is 3.28. The van der Waals surface area contributed by atoms with Crippen LogP contribution in [0.1, 0.15) is 32.3 Å². The lowest BCUT2D eigenvalue weighted by molar-refractivity contribution is -0.0721. The van der Waals surface area contributed by atoms with Crippen molar-refractivity contribution in [2.75, 3.05) is 0 Å². The third-order valence-corrected chi connectivity index (χ3v) is 3.51. The van der Waals surface area contributed by atoms with Crippen LogP contribution in [0.3, 0.4) is 0 Å². The Morgan fingerprint density at radius 3 is 2.65 bits per heavy atom. The van der Waals surface area contributed by atoms with Gasteiger partial charge in [-0.15, -0.1) is 0 Å². The van der Waals surface area contributed by atoms with Crippen molar-refractivity contribution in [3.8, 4) is 5.75 Å². The molecular weight excluding hydrogens is 280 g/mol. The Hall–Kier alpha value is -1.46. The summed E-state index contributed by atoms with van der Waals surface area (Å²) in [6.45, 7) is 4.04. The van der Waals surface area contributed by atoms with E-state index in [1.807, 2.05) is 13.8 Å². The maximum atomic E-state index is 8.83. The average molecular weight is 299 g/mol. The van der Waals surface area contributed by atoms with Crippen LogP contribution in [-0.2, 0) is 4.74 Å². The van der Waals surface area contributed by atoms with E-state index in [1.165, 1.54) is 0 Å². The van der Waals surface area contributed by atoms with Crippen LogP contribution in [0.25, 0.3) is 0 Å². The first-order valence-corrected chi connectivity index (χ1v) is 6.97. The number of nitrogens with zero attached hydrogens (tertiary/aromatic N) is 1. The largest absolute Gasteiger partial charge is 0.489 e. The number of nitrogens with two attached hydrogens (primary N) is 1. The van der Waals surface area contributed by atoms with Crippen molar-refractivity contribution in [1.82, 2.24) is 0 Å². The van der Waals surface area contributed by atoms with Crippen molar-refractivity contribution in [1.29, 1.82) is 0 Å². The molecule has 5 nitrogen and oxygen atoms in total. The van der Waals surface area contributed by atoms with Gasteiger partial charge in [0.1, 0.15) is 11.9 Å². The molecule has 1 aliphatic heterocycles. The standard InChI is InChI=1S/C14H19ClN2O3/c1-8-5-11(6-9(2)19-8)20-13-7-10(15)3-4-12(13)14(16)17-18/h3-4,7-9,11,18H,5-6H2,1-2H3,(H2,16,17). The molecule has 1 aromatic carbocycles. The molecule has 6 heteroatoms. The average Bonchev–Trinajstić information content (AvgIpc) is 2.37. The summed E-state index contributed by atoms with van der Waals surface area (Å²) >= 11 is 5.99. The molecule has 20 heavy (non-hydrogen) atoms. The molecule has 0 aliphatic carbocycles. The van der Waals surface area contributed by atoms with E-state index < -0.39 is 0 Å². The Balaban J connectivity index is 2.21. The van der Waals surface area contributed by atoms with Crippen LogP contribution in [0.5, 0.6) is 5.75 Å². The second-order valence-corrected chi connectivity index (χ2v) is 5.53. The van der Waals surface area contributed by atoms with Crippen molar-refractivity contribution in [3.63, 3.8) is 0 Å². The first kappa shape index (κ1) is 14.9. The van der Waals surface area contributed by atoms with E-state index in [2.05, 4.69) is 5.16 Å². The predicted molar refractivity (Wildman–Crippen MR) is 77.6 cm³/mol. The number of amidine groups is 1. The summed E-state index contributed by atoms with van der Waals surface area (Å²) in [6, 6.07) is 5.04. The molecule has 3 N–H and O–H groups in total. The first-order chi connectivity index (χ1) is 9.49. The lowest BCUT2D eigenvalue weighted by atomic mass is 10.0. The molecule has 0 radical (unpaired) electrons. The van der Waals surface area contributed by atoms with E-state index in [9.17, 15) is 0 Å². The van der Waals surface area contributed by atoms with E-state index in [1.54, 1.807) is 18.2 Å². The van der Waals surface area contributed by atoms with Gasteiger partial charge in [0.15, 0.2) is 5.84 Å². The second-order valence-electron chi connectivity index (χ2n) is 5.09. The van der Waals surface area contributed by atoms with Gasteiger partial charge in [0.05, 0.1) is 17.8 Å². The number of ether oxygens (including phenoxy) is 2. The molecule has 0 saturated carbocycles. The number of hydrogen-bond donors (Lipinski definition) is 2. The zero-order valence-electron chi connectivity index (χ0n) is 11.5. The molecule has 0 amide bonds. The van der Waals surface area contributed by atoms with Gasteiger partial charge in [0, 0.05) is 17.9 Å². The zero-order valence-corrected chi connectivity index (χ0v) is 12.3. The van der Waals surface area contributed by atoms with Gasteiger partial charge >= 0.3 is 0 Å². The van der Waals surface area contributed by atoms with Crippen LogP contribution < -0.4 is 10.5 Å². The Kier molecular flexibility index (Phi) is 4.73. The third kappa shape index (κ3) is 3.55. The van der Waals surface area contributed by atoms with Crippen molar-refractivity contribution >= 4 is 17.4 Å². The first-order valence-electron chi connectivity index (χ1n) is 6.59. The smallest absolute Gasteiger partial charge is 0.173 e. The molecule has 2 atom stereocenters. The maximum Gasteiger partial charge on any atom is 0.173 e. The molecule has 1 fully saturated rings. The summed E-state index contributed by atoms with van der Waals surface area (Å²) in [5, 5.41) is 12.4. The molecule has 1 aliphatic rings. The lowest BCUT2D eigenvalue weighted by Crippen LogP contribution is -2.36. The summed E-state index contributed by atoms with van der Waals surface area (Å²) in [7, 11) is 0. The summed E-state index contributed by atoms with van der Waals surface area (Å²) < 4.78 is 11.7. The normalized spacial score (nSPS) is 27.4. The summed E-state index contributed by atoms with van der Waals surface area (Å²) in [6.07, 6.45) is 1.92. The highest BCUT2D eigenvalue weighted by molar-refractivity contribution is 6.30. The van der Waals surface area contributed by atoms with Gasteiger partial charge < -0.3 is 20.4 Å². The molecule has 1 aromatic rings. The van der Waals surface area contributed by atoms with Gasteiger partial charge in [0.25, 0.3) is 0 Å². The van der Waals surface area contributed by atoms with Crippen LogP contribution in [0.15, 0.2) is 23.4 Å². The van der Waals surface area contributed by atoms with Gasteiger partial charge in [-0.25, -0.2) is 0 Å². The molecular formula is C14H19ClN2O3. The highest BCUT2D eigenvalue weighted by atomic mass is 35.5. The van der Waals surface area contributed by atoms with E-state index in [-0.39, 0.29) is 24.1 Å². The van der Waals surface area contributed by atoms with Crippen LogP contribution in [0.2, 0.25) is 5.02 Å². The van der Waals surface area contributed by atoms with E-state index >= 15 is 0 Å². The van der Waals surface area contributed by atoms with Gasteiger partial charge in [0.2, 0.25) is 0 Å². The Labute approximate surface area is 123 Å². The van der Waals surface area contributed by atoms with E-state index in [0.717, 1.165) is 12.8 Å². The number of halogens is 1. The van der Waals surface area contributed by atoms with Gasteiger partial charge in [-0.2, -0.15) is 0 Å². The molecule has 0 bridgehead atoms. The van der Waals surface area contributed by atoms with Crippen molar-refractivity contribution in [2.24, 2.45) is 10.9 Å². The fraction of sp³-hybridized carbons (Fsp3) is 0.500. The summed E-state index contributed by atoms with van der Waals surface area (Å²) in [5.74, 6) is 0.531. The fourth-order valence-electron chi connectivity index (χ4n) is 2.48. The topological polar surface area (TPSA) is 77.1 Å². The number of rotatable bonds is 3. The fourth-order valence-corrected chi connectivity index (χ4v) is 2.64. The molecule has 2 rings (SSSR count). The summed E-state index contributed by atoms with van der Waals surface area (Å²) in [5.41, 5.74) is 6.19. The van der Waals surface area contributed by atoms with Crippen LogP contribution in [0, 0.1) is 0 Å². The van der Waals surface area contributed by atoms with Crippen LogP contribution in [0.4, 0.5) is 0 Å². The minimum Gasteiger partial charge on any atom is -0.489 e. The summed E-state index contributed by atoms with van der Waals surface area (Å²) in [4.78, 5) is 0. The molecule has 1 saturated heterocycles. The maximum absolute atomic E-state index is 8.83.